The van der Waals surface area contributed by atoms with E-state index >= 15 is 0 Å². The molecule has 0 radical (unpaired) electrons. The zero-order valence-electron chi connectivity index (χ0n) is 9.32. The van der Waals surface area contributed by atoms with Crippen LogP contribution in [0.25, 0.3) is 0 Å². The largest absolute Gasteiger partial charge is 0.341 e. The summed E-state index contributed by atoms with van der Waals surface area (Å²) in [5.41, 5.74) is 0.259. The van der Waals surface area contributed by atoms with Gasteiger partial charge in [-0.3, -0.25) is 4.79 Å². The second-order valence-electron chi connectivity index (χ2n) is 3.26. The van der Waals surface area contributed by atoms with Crippen LogP contribution in [0.4, 0.5) is 0 Å². The van der Waals surface area contributed by atoms with Gasteiger partial charge in [-0.15, -0.1) is 6.58 Å². The van der Waals surface area contributed by atoms with Crippen LogP contribution >= 0.6 is 23.2 Å². The molecule has 1 rings (SSSR count). The smallest absolute Gasteiger partial charge is 0.254 e. The van der Waals surface area contributed by atoms with Crippen molar-refractivity contribution in [2.24, 2.45) is 0 Å². The van der Waals surface area contributed by atoms with E-state index in [1.807, 2.05) is 0 Å². The van der Waals surface area contributed by atoms with Gasteiger partial charge >= 0.3 is 0 Å². The maximum absolute atomic E-state index is 11.8. The first kappa shape index (κ1) is 14.5. The normalized spacial score (nSPS) is 11.4. The molecule has 4 nitrogen and oxygen atoms in total. The van der Waals surface area contributed by atoms with Gasteiger partial charge in [0.2, 0.25) is 6.23 Å². The second-order valence-corrected chi connectivity index (χ2v) is 4.14. The van der Waals surface area contributed by atoms with Crippen LogP contribution in [0.1, 0.15) is 10.4 Å². The van der Waals surface area contributed by atoms with Crippen molar-refractivity contribution in [3.05, 3.63) is 46.5 Å². The Hall–Kier alpha value is -1.54. The summed E-state index contributed by atoms with van der Waals surface area (Å²) in [6, 6.07) is 6.21. The molecule has 0 aromatic heterocycles. The first-order chi connectivity index (χ1) is 8.56. The maximum atomic E-state index is 11.8. The van der Waals surface area contributed by atoms with Crippen LogP contribution < -0.4 is 5.32 Å². The second kappa shape index (κ2) is 7.02. The van der Waals surface area contributed by atoms with Gasteiger partial charge in [0, 0.05) is 15.6 Å². The SMILES string of the molecule is C=CCOC(C#N)NC(=O)c1cc(Cl)cc(Cl)c1. The summed E-state index contributed by atoms with van der Waals surface area (Å²) in [5.74, 6) is -0.491. The molecule has 0 aliphatic heterocycles. The third-order valence-corrected chi connectivity index (χ3v) is 2.32. The summed E-state index contributed by atoms with van der Waals surface area (Å²) < 4.78 is 5.02. The van der Waals surface area contributed by atoms with Crippen molar-refractivity contribution in [1.82, 2.24) is 5.32 Å². The number of carbonyl (C=O) groups excluding carboxylic acids is 1. The Morgan fingerprint density at radius 1 is 1.50 bits per heavy atom. The quantitative estimate of drug-likeness (QED) is 0.668. The summed E-state index contributed by atoms with van der Waals surface area (Å²) in [4.78, 5) is 11.8. The van der Waals surface area contributed by atoms with Crippen LogP contribution in [-0.2, 0) is 4.74 Å². The molecule has 0 spiro atoms. The summed E-state index contributed by atoms with van der Waals surface area (Å²) >= 11 is 11.5. The monoisotopic (exact) mass is 284 g/mol. The number of benzene rings is 1. The van der Waals surface area contributed by atoms with Gasteiger partial charge in [0.15, 0.2) is 0 Å². The highest BCUT2D eigenvalue weighted by atomic mass is 35.5. The third kappa shape index (κ3) is 4.38. The Balaban J connectivity index is 2.75. The molecule has 1 atom stereocenters. The highest BCUT2D eigenvalue weighted by Crippen LogP contribution is 2.19. The number of amides is 1. The minimum atomic E-state index is -1.05. The molecule has 1 aromatic carbocycles. The fourth-order valence-electron chi connectivity index (χ4n) is 1.16. The van der Waals surface area contributed by atoms with Crippen molar-refractivity contribution in [3.63, 3.8) is 0 Å². The minimum Gasteiger partial charge on any atom is -0.341 e. The van der Waals surface area contributed by atoms with Gasteiger partial charge in [-0.25, -0.2) is 0 Å². The topological polar surface area (TPSA) is 62.1 Å². The van der Waals surface area contributed by atoms with Crippen LogP contribution in [0.15, 0.2) is 30.9 Å². The average molecular weight is 285 g/mol. The predicted molar refractivity (Wildman–Crippen MR) is 69.5 cm³/mol. The van der Waals surface area contributed by atoms with Gasteiger partial charge in [0.05, 0.1) is 6.61 Å². The molecule has 0 saturated heterocycles. The van der Waals surface area contributed by atoms with Crippen molar-refractivity contribution >= 4 is 29.1 Å². The lowest BCUT2D eigenvalue weighted by Crippen LogP contribution is -2.35. The number of hydrogen-bond acceptors (Lipinski definition) is 3. The fraction of sp³-hybridized carbons (Fsp3) is 0.167. The van der Waals surface area contributed by atoms with Gasteiger partial charge in [-0.2, -0.15) is 5.26 Å². The van der Waals surface area contributed by atoms with Gasteiger partial charge < -0.3 is 10.1 Å². The number of carbonyl (C=O) groups is 1. The lowest BCUT2D eigenvalue weighted by atomic mass is 10.2. The molecule has 18 heavy (non-hydrogen) atoms. The van der Waals surface area contributed by atoms with E-state index in [1.54, 1.807) is 6.07 Å². The van der Waals surface area contributed by atoms with Crippen molar-refractivity contribution in [2.45, 2.75) is 6.23 Å². The van der Waals surface area contributed by atoms with Crippen molar-refractivity contribution < 1.29 is 9.53 Å². The lowest BCUT2D eigenvalue weighted by Gasteiger charge is -2.11. The van der Waals surface area contributed by atoms with Crippen molar-refractivity contribution in [1.29, 1.82) is 5.26 Å². The number of nitrogens with zero attached hydrogens (tertiary/aromatic N) is 1. The van der Waals surface area contributed by atoms with Gasteiger partial charge in [-0.05, 0) is 18.2 Å². The molecule has 0 bridgehead atoms. The Morgan fingerprint density at radius 2 is 2.11 bits per heavy atom. The first-order valence-electron chi connectivity index (χ1n) is 4.96. The fourth-order valence-corrected chi connectivity index (χ4v) is 1.69. The van der Waals surface area contributed by atoms with Gasteiger partial charge in [0.1, 0.15) is 6.07 Å². The molecule has 0 fully saturated rings. The number of halogens is 2. The summed E-state index contributed by atoms with van der Waals surface area (Å²) in [7, 11) is 0. The van der Waals surface area contributed by atoms with E-state index in [2.05, 4.69) is 11.9 Å². The Kier molecular flexibility index (Phi) is 5.66. The molecular weight excluding hydrogens is 275 g/mol. The van der Waals surface area contributed by atoms with Crippen LogP contribution in [-0.4, -0.2) is 18.7 Å². The average Bonchev–Trinajstić information content (AvgIpc) is 2.32. The highest BCUT2D eigenvalue weighted by molar-refractivity contribution is 6.35. The molecule has 94 valence electrons. The third-order valence-electron chi connectivity index (χ3n) is 1.88. The molecule has 1 aromatic rings. The Bertz CT molecular complexity index is 477. The Labute approximate surface area is 115 Å². The highest BCUT2D eigenvalue weighted by Gasteiger charge is 2.13. The van der Waals surface area contributed by atoms with E-state index in [4.69, 9.17) is 33.2 Å². The molecule has 1 unspecified atom stereocenters. The number of ether oxygens (including phenoxy) is 1. The maximum Gasteiger partial charge on any atom is 0.254 e. The summed E-state index contributed by atoms with van der Waals surface area (Å²) in [6.07, 6.45) is 0.431. The van der Waals surface area contributed by atoms with Crippen molar-refractivity contribution in [3.8, 4) is 6.07 Å². The summed E-state index contributed by atoms with van der Waals surface area (Å²) in [5, 5.41) is 11.8. The standard InChI is InChI=1S/C12H10Cl2N2O2/c1-2-3-18-11(7-15)16-12(17)8-4-9(13)6-10(14)5-8/h2,4-6,11H,1,3H2,(H,16,17). The number of nitrogens with one attached hydrogen (secondary N) is 1. The summed E-state index contributed by atoms with van der Waals surface area (Å²) in [6.45, 7) is 3.61. The molecular formula is C12H10Cl2N2O2. The zero-order valence-corrected chi connectivity index (χ0v) is 10.8. The zero-order chi connectivity index (χ0) is 13.5. The van der Waals surface area contributed by atoms with E-state index in [-0.39, 0.29) is 12.2 Å². The van der Waals surface area contributed by atoms with E-state index in [9.17, 15) is 4.79 Å². The number of hydrogen-bond donors (Lipinski definition) is 1. The minimum absolute atomic E-state index is 0.162. The van der Waals surface area contributed by atoms with E-state index in [0.717, 1.165) is 0 Å². The number of rotatable bonds is 5. The van der Waals surface area contributed by atoms with Gasteiger partial charge in [0.25, 0.3) is 5.91 Å². The molecule has 0 saturated carbocycles. The van der Waals surface area contributed by atoms with E-state index in [0.29, 0.717) is 10.0 Å². The lowest BCUT2D eigenvalue weighted by molar-refractivity contribution is 0.0670. The van der Waals surface area contributed by atoms with Crippen LogP contribution in [0, 0.1) is 11.3 Å². The molecule has 0 heterocycles. The van der Waals surface area contributed by atoms with Crippen LogP contribution in [0.2, 0.25) is 10.0 Å². The van der Waals surface area contributed by atoms with Gasteiger partial charge in [-0.1, -0.05) is 29.3 Å². The number of nitriles is 1. The molecule has 0 aliphatic carbocycles. The first-order valence-corrected chi connectivity index (χ1v) is 5.71. The molecule has 6 heteroatoms. The molecule has 1 amide bonds. The Morgan fingerprint density at radius 3 is 2.61 bits per heavy atom. The van der Waals surface area contributed by atoms with E-state index < -0.39 is 12.1 Å². The molecule has 0 aliphatic rings. The van der Waals surface area contributed by atoms with E-state index in [1.165, 1.54) is 24.3 Å². The predicted octanol–water partition coefficient (Wildman–Crippen LogP) is 2.78. The molecule has 1 N–H and O–H groups in total. The van der Waals surface area contributed by atoms with Crippen LogP contribution in [0.5, 0.6) is 0 Å². The van der Waals surface area contributed by atoms with Crippen LogP contribution in [0.3, 0.4) is 0 Å². The van der Waals surface area contributed by atoms with Crippen molar-refractivity contribution in [2.75, 3.05) is 6.61 Å².